The molecule has 0 aliphatic heterocycles. The summed E-state index contributed by atoms with van der Waals surface area (Å²) in [6.07, 6.45) is 1.70. The zero-order chi connectivity index (χ0) is 16.2. The Hall–Kier alpha value is -2.30. The molecule has 3 aromatic rings. The van der Waals surface area contributed by atoms with Gasteiger partial charge >= 0.3 is 0 Å². The van der Waals surface area contributed by atoms with Crippen molar-refractivity contribution in [3.05, 3.63) is 64.8 Å². The Balaban J connectivity index is 1.70. The molecule has 0 unspecified atom stereocenters. The minimum atomic E-state index is -0.195. The van der Waals surface area contributed by atoms with Gasteiger partial charge in [0.1, 0.15) is 0 Å². The van der Waals surface area contributed by atoms with E-state index in [1.165, 1.54) is 0 Å². The van der Waals surface area contributed by atoms with Crippen molar-refractivity contribution in [2.24, 2.45) is 0 Å². The van der Waals surface area contributed by atoms with Crippen LogP contribution in [0.1, 0.15) is 0 Å². The number of benzene rings is 2. The summed E-state index contributed by atoms with van der Waals surface area (Å²) in [5.41, 5.74) is 2.04. The van der Waals surface area contributed by atoms with Gasteiger partial charge in [0, 0.05) is 16.6 Å². The van der Waals surface area contributed by atoms with Crippen LogP contribution in [0.15, 0.2) is 54.7 Å². The van der Waals surface area contributed by atoms with Crippen molar-refractivity contribution >= 4 is 51.4 Å². The molecule has 0 saturated heterocycles. The average molecular weight is 346 g/mol. The second-order valence-corrected chi connectivity index (χ2v) is 5.75. The molecule has 0 atom stereocenters. The Bertz CT molecular complexity index is 862. The third-order valence-electron chi connectivity index (χ3n) is 3.27. The Labute approximate surface area is 143 Å². The number of fused-ring (bicyclic) bond motifs is 1. The van der Waals surface area contributed by atoms with E-state index >= 15 is 0 Å². The summed E-state index contributed by atoms with van der Waals surface area (Å²) in [4.78, 5) is 16.5. The number of nitrogens with zero attached hydrogens (tertiary/aromatic N) is 1. The van der Waals surface area contributed by atoms with E-state index in [4.69, 9.17) is 23.2 Å². The Morgan fingerprint density at radius 1 is 1.04 bits per heavy atom. The molecule has 1 heterocycles. The molecule has 0 spiro atoms. The molecule has 0 aliphatic rings. The summed E-state index contributed by atoms with van der Waals surface area (Å²) in [7, 11) is 0. The standard InChI is InChI=1S/C17H13Cl2N3O/c18-12-6-7-13(19)15(9-12)21-10-16(23)22-14-5-1-3-11-4-2-8-20-17(11)14/h1-9,21H,10H2,(H,22,23). The molecule has 0 radical (unpaired) electrons. The SMILES string of the molecule is O=C(CNc1cc(Cl)ccc1Cl)Nc1cccc2cccnc12. The average Bonchev–Trinajstić information content (AvgIpc) is 2.56. The molecule has 0 bridgehead atoms. The molecule has 6 heteroatoms. The highest BCUT2D eigenvalue weighted by molar-refractivity contribution is 6.35. The quantitative estimate of drug-likeness (QED) is 0.726. The van der Waals surface area contributed by atoms with Crippen molar-refractivity contribution in [1.82, 2.24) is 4.98 Å². The van der Waals surface area contributed by atoms with Crippen molar-refractivity contribution in [2.75, 3.05) is 17.2 Å². The van der Waals surface area contributed by atoms with Gasteiger partial charge in [-0.3, -0.25) is 9.78 Å². The normalized spacial score (nSPS) is 10.5. The van der Waals surface area contributed by atoms with Gasteiger partial charge in [-0.05, 0) is 30.3 Å². The Kier molecular flexibility index (Phi) is 4.65. The van der Waals surface area contributed by atoms with Crippen LogP contribution in [0.25, 0.3) is 10.9 Å². The van der Waals surface area contributed by atoms with Gasteiger partial charge in [-0.1, -0.05) is 41.4 Å². The lowest BCUT2D eigenvalue weighted by Gasteiger charge is -2.10. The van der Waals surface area contributed by atoms with E-state index in [-0.39, 0.29) is 12.5 Å². The van der Waals surface area contributed by atoms with E-state index in [9.17, 15) is 4.79 Å². The monoisotopic (exact) mass is 345 g/mol. The lowest BCUT2D eigenvalue weighted by atomic mass is 10.2. The minimum absolute atomic E-state index is 0.0727. The van der Waals surface area contributed by atoms with Crippen molar-refractivity contribution in [3.8, 4) is 0 Å². The third kappa shape index (κ3) is 3.73. The largest absolute Gasteiger partial charge is 0.375 e. The second-order valence-electron chi connectivity index (χ2n) is 4.91. The number of carbonyl (C=O) groups excluding carboxylic acids is 1. The number of amides is 1. The summed E-state index contributed by atoms with van der Waals surface area (Å²) < 4.78 is 0. The molecule has 3 rings (SSSR count). The maximum absolute atomic E-state index is 12.1. The molecular formula is C17H13Cl2N3O. The van der Waals surface area contributed by atoms with Crippen molar-refractivity contribution < 1.29 is 4.79 Å². The first-order chi connectivity index (χ1) is 11.1. The van der Waals surface area contributed by atoms with Crippen LogP contribution in [0, 0.1) is 0 Å². The third-order valence-corrected chi connectivity index (χ3v) is 3.84. The number of hydrogen-bond donors (Lipinski definition) is 2. The first-order valence-corrected chi connectivity index (χ1v) is 7.71. The zero-order valence-electron chi connectivity index (χ0n) is 12.0. The van der Waals surface area contributed by atoms with Crippen LogP contribution in [-0.4, -0.2) is 17.4 Å². The van der Waals surface area contributed by atoms with Crippen LogP contribution < -0.4 is 10.6 Å². The Morgan fingerprint density at radius 3 is 2.74 bits per heavy atom. The molecule has 0 fully saturated rings. The molecule has 23 heavy (non-hydrogen) atoms. The van der Waals surface area contributed by atoms with Crippen molar-refractivity contribution in [2.45, 2.75) is 0 Å². The molecular weight excluding hydrogens is 333 g/mol. The number of rotatable bonds is 4. The Morgan fingerprint density at radius 2 is 1.87 bits per heavy atom. The highest BCUT2D eigenvalue weighted by atomic mass is 35.5. The molecule has 0 saturated carbocycles. The summed E-state index contributed by atoms with van der Waals surface area (Å²) >= 11 is 12.0. The van der Waals surface area contributed by atoms with Gasteiger partial charge in [0.05, 0.1) is 28.5 Å². The van der Waals surface area contributed by atoms with Crippen LogP contribution in [0.3, 0.4) is 0 Å². The summed E-state index contributed by atoms with van der Waals surface area (Å²) in [5, 5.41) is 7.85. The minimum Gasteiger partial charge on any atom is -0.375 e. The van der Waals surface area contributed by atoms with E-state index < -0.39 is 0 Å². The van der Waals surface area contributed by atoms with E-state index in [0.717, 1.165) is 10.9 Å². The van der Waals surface area contributed by atoms with Gasteiger partial charge < -0.3 is 10.6 Å². The van der Waals surface area contributed by atoms with E-state index in [2.05, 4.69) is 15.6 Å². The van der Waals surface area contributed by atoms with Gasteiger partial charge in [0.15, 0.2) is 0 Å². The van der Waals surface area contributed by atoms with Gasteiger partial charge in [-0.2, -0.15) is 0 Å². The van der Waals surface area contributed by atoms with Crippen LogP contribution in [0.5, 0.6) is 0 Å². The van der Waals surface area contributed by atoms with Crippen LogP contribution in [-0.2, 0) is 4.79 Å². The van der Waals surface area contributed by atoms with E-state index in [1.807, 2.05) is 30.3 Å². The predicted molar refractivity (Wildman–Crippen MR) is 95.3 cm³/mol. The second kappa shape index (κ2) is 6.86. The predicted octanol–water partition coefficient (Wildman–Crippen LogP) is 4.59. The smallest absolute Gasteiger partial charge is 0.243 e. The van der Waals surface area contributed by atoms with Crippen molar-refractivity contribution in [1.29, 1.82) is 0 Å². The summed E-state index contributed by atoms with van der Waals surface area (Å²) in [6, 6.07) is 14.5. The number of carbonyl (C=O) groups is 1. The number of hydrogen-bond acceptors (Lipinski definition) is 3. The summed E-state index contributed by atoms with van der Waals surface area (Å²) in [6.45, 7) is 0.0727. The highest BCUT2D eigenvalue weighted by Crippen LogP contribution is 2.25. The molecule has 4 nitrogen and oxygen atoms in total. The maximum atomic E-state index is 12.1. The number of pyridine rings is 1. The zero-order valence-corrected chi connectivity index (χ0v) is 13.5. The van der Waals surface area contributed by atoms with Gasteiger partial charge in [-0.25, -0.2) is 0 Å². The van der Waals surface area contributed by atoms with Crippen molar-refractivity contribution in [3.63, 3.8) is 0 Å². The van der Waals surface area contributed by atoms with E-state index in [1.54, 1.807) is 24.4 Å². The fourth-order valence-electron chi connectivity index (χ4n) is 2.21. The molecule has 0 aliphatic carbocycles. The first-order valence-electron chi connectivity index (χ1n) is 6.96. The number of para-hydroxylation sites is 1. The molecule has 2 N–H and O–H groups in total. The van der Waals surface area contributed by atoms with Gasteiger partial charge in [-0.15, -0.1) is 0 Å². The lowest BCUT2D eigenvalue weighted by molar-refractivity contribution is -0.114. The number of anilines is 2. The summed E-state index contributed by atoms with van der Waals surface area (Å²) in [5.74, 6) is -0.195. The molecule has 1 aromatic heterocycles. The fourth-order valence-corrected chi connectivity index (χ4v) is 2.56. The number of nitrogens with one attached hydrogen (secondary N) is 2. The topological polar surface area (TPSA) is 54.0 Å². The lowest BCUT2D eigenvalue weighted by Crippen LogP contribution is -2.22. The van der Waals surface area contributed by atoms with E-state index in [0.29, 0.717) is 21.4 Å². The first kappa shape index (κ1) is 15.6. The number of halogens is 2. The van der Waals surface area contributed by atoms with Crippen LogP contribution in [0.2, 0.25) is 10.0 Å². The van der Waals surface area contributed by atoms with Gasteiger partial charge in [0.2, 0.25) is 5.91 Å². The molecule has 116 valence electrons. The molecule has 2 aromatic carbocycles. The maximum Gasteiger partial charge on any atom is 0.243 e. The van der Waals surface area contributed by atoms with Crippen LogP contribution >= 0.6 is 23.2 Å². The van der Waals surface area contributed by atoms with Crippen LogP contribution in [0.4, 0.5) is 11.4 Å². The van der Waals surface area contributed by atoms with Gasteiger partial charge in [0.25, 0.3) is 0 Å². The number of aromatic nitrogens is 1. The highest BCUT2D eigenvalue weighted by Gasteiger charge is 2.08. The fraction of sp³-hybridized carbons (Fsp3) is 0.0588. The molecule has 1 amide bonds.